The number of nitrogens with one attached hydrogen (secondary N) is 1. The van der Waals surface area contributed by atoms with E-state index in [1.807, 2.05) is 0 Å². The second kappa shape index (κ2) is 8.93. The molecule has 0 atom stereocenters. The lowest BCUT2D eigenvalue weighted by molar-refractivity contribution is -0.384. The van der Waals surface area contributed by atoms with Gasteiger partial charge in [0, 0.05) is 27.2 Å². The van der Waals surface area contributed by atoms with E-state index in [0.717, 1.165) is 4.47 Å². The van der Waals surface area contributed by atoms with Crippen LogP contribution in [-0.4, -0.2) is 23.7 Å². The summed E-state index contributed by atoms with van der Waals surface area (Å²) in [6.07, 6.45) is 1.22. The number of nitro benzene ring substituents is 1. The van der Waals surface area contributed by atoms with Crippen molar-refractivity contribution in [2.75, 3.05) is 6.61 Å². The lowest BCUT2D eigenvalue weighted by Crippen LogP contribution is -2.24. The van der Waals surface area contributed by atoms with Crippen LogP contribution in [0.5, 0.6) is 5.75 Å². The van der Waals surface area contributed by atoms with Gasteiger partial charge in [-0.15, -0.1) is 0 Å². The molecule has 0 aromatic heterocycles. The minimum atomic E-state index is -0.545. The van der Waals surface area contributed by atoms with Gasteiger partial charge in [-0.25, -0.2) is 5.43 Å². The van der Waals surface area contributed by atoms with Gasteiger partial charge in [-0.3, -0.25) is 14.9 Å². The number of carbonyl (C=O) groups excluding carboxylic acids is 1. The molecule has 130 valence electrons. The van der Waals surface area contributed by atoms with Gasteiger partial charge < -0.3 is 4.74 Å². The average molecular weight is 492 g/mol. The number of nitro groups is 1. The molecule has 0 saturated heterocycles. The van der Waals surface area contributed by atoms with E-state index in [2.05, 4.69) is 42.4 Å². The minimum absolute atomic E-state index is 0.124. The number of ether oxygens (including phenoxy) is 1. The highest BCUT2D eigenvalue weighted by atomic mass is 79.9. The number of hydrogen-bond acceptors (Lipinski definition) is 5. The Balaban J connectivity index is 1.92. The number of rotatable bonds is 6. The molecule has 0 bridgehead atoms. The Morgan fingerprint density at radius 2 is 2.08 bits per heavy atom. The van der Waals surface area contributed by atoms with Gasteiger partial charge in [0.05, 0.1) is 15.6 Å². The number of benzene rings is 2. The smallest absolute Gasteiger partial charge is 0.277 e. The fourth-order valence-electron chi connectivity index (χ4n) is 1.69. The van der Waals surface area contributed by atoms with Crippen LogP contribution in [0.15, 0.2) is 50.4 Å². The Hall–Kier alpha value is -1.97. The Bertz CT molecular complexity index is 846. The van der Waals surface area contributed by atoms with Crippen molar-refractivity contribution in [1.82, 2.24) is 5.43 Å². The van der Waals surface area contributed by atoms with Crippen LogP contribution in [0, 0.1) is 10.1 Å². The third-order valence-electron chi connectivity index (χ3n) is 2.84. The summed E-state index contributed by atoms with van der Waals surface area (Å²) in [5.74, 6) is 0.0108. The molecule has 0 saturated carbocycles. The molecule has 1 amide bonds. The molecule has 0 heterocycles. The van der Waals surface area contributed by atoms with Crippen LogP contribution in [0.2, 0.25) is 5.02 Å². The number of nitrogens with zero attached hydrogens (tertiary/aromatic N) is 2. The number of amides is 1. The second-order valence-corrected chi connectivity index (χ2v) is 6.80. The van der Waals surface area contributed by atoms with Crippen molar-refractivity contribution in [3.63, 3.8) is 0 Å². The van der Waals surface area contributed by atoms with Crippen LogP contribution in [0.1, 0.15) is 5.56 Å². The van der Waals surface area contributed by atoms with Crippen molar-refractivity contribution < 1.29 is 14.5 Å². The van der Waals surface area contributed by atoms with E-state index in [1.54, 1.807) is 18.2 Å². The minimum Gasteiger partial charge on any atom is -0.483 e. The topological polar surface area (TPSA) is 93.8 Å². The summed E-state index contributed by atoms with van der Waals surface area (Å²) in [5, 5.41) is 14.7. The first kappa shape index (κ1) is 19.4. The van der Waals surface area contributed by atoms with E-state index >= 15 is 0 Å². The molecule has 2 aromatic rings. The largest absolute Gasteiger partial charge is 0.483 e. The van der Waals surface area contributed by atoms with Gasteiger partial charge in [0.25, 0.3) is 11.6 Å². The van der Waals surface area contributed by atoms with Crippen LogP contribution in [0.25, 0.3) is 0 Å². The Morgan fingerprint density at radius 1 is 1.32 bits per heavy atom. The summed E-state index contributed by atoms with van der Waals surface area (Å²) in [6.45, 7) is -0.250. The van der Waals surface area contributed by atoms with Gasteiger partial charge in [-0.1, -0.05) is 27.5 Å². The van der Waals surface area contributed by atoms with Crippen LogP contribution >= 0.6 is 43.5 Å². The van der Waals surface area contributed by atoms with E-state index in [9.17, 15) is 14.9 Å². The maximum atomic E-state index is 11.7. The van der Waals surface area contributed by atoms with Crippen molar-refractivity contribution in [2.45, 2.75) is 0 Å². The zero-order valence-corrected chi connectivity index (χ0v) is 16.3. The number of carbonyl (C=O) groups is 1. The van der Waals surface area contributed by atoms with E-state index in [-0.39, 0.29) is 17.3 Å². The van der Waals surface area contributed by atoms with Crippen molar-refractivity contribution in [1.29, 1.82) is 0 Å². The van der Waals surface area contributed by atoms with Crippen LogP contribution in [-0.2, 0) is 4.79 Å². The average Bonchev–Trinajstić information content (AvgIpc) is 2.55. The van der Waals surface area contributed by atoms with E-state index in [4.69, 9.17) is 16.3 Å². The van der Waals surface area contributed by atoms with Crippen molar-refractivity contribution in [3.05, 3.63) is 66.0 Å². The first-order chi connectivity index (χ1) is 11.9. The van der Waals surface area contributed by atoms with Crippen molar-refractivity contribution in [2.24, 2.45) is 5.10 Å². The monoisotopic (exact) mass is 489 g/mol. The van der Waals surface area contributed by atoms with Crippen molar-refractivity contribution in [3.8, 4) is 5.75 Å². The molecule has 0 aliphatic heterocycles. The first-order valence-corrected chi connectivity index (χ1v) is 8.67. The number of halogens is 3. The highest BCUT2D eigenvalue weighted by Crippen LogP contribution is 2.28. The maximum absolute atomic E-state index is 11.7. The Morgan fingerprint density at radius 3 is 2.76 bits per heavy atom. The van der Waals surface area contributed by atoms with Crippen LogP contribution in [0.4, 0.5) is 5.69 Å². The molecule has 1 N–H and O–H groups in total. The van der Waals surface area contributed by atoms with Gasteiger partial charge in [-0.05, 0) is 40.2 Å². The second-order valence-electron chi connectivity index (χ2n) is 4.62. The van der Waals surface area contributed by atoms with Crippen molar-refractivity contribution >= 4 is 61.3 Å². The molecule has 10 heteroatoms. The zero-order valence-electron chi connectivity index (χ0n) is 12.4. The highest BCUT2D eigenvalue weighted by molar-refractivity contribution is 9.11. The summed E-state index contributed by atoms with van der Waals surface area (Å²) in [5.41, 5.74) is 2.45. The molecule has 0 spiro atoms. The molecule has 7 nitrogen and oxygen atoms in total. The predicted molar refractivity (Wildman–Crippen MR) is 101 cm³/mol. The lowest BCUT2D eigenvalue weighted by atomic mass is 10.2. The van der Waals surface area contributed by atoms with E-state index < -0.39 is 10.8 Å². The summed E-state index contributed by atoms with van der Waals surface area (Å²) in [4.78, 5) is 21.9. The van der Waals surface area contributed by atoms with Gasteiger partial charge >= 0.3 is 0 Å². The molecule has 25 heavy (non-hydrogen) atoms. The van der Waals surface area contributed by atoms with Crippen LogP contribution in [0.3, 0.4) is 0 Å². The van der Waals surface area contributed by atoms with Crippen LogP contribution < -0.4 is 10.2 Å². The summed E-state index contributed by atoms with van der Waals surface area (Å²) in [6, 6.07) is 9.19. The molecule has 0 aliphatic rings. The third-order valence-corrected chi connectivity index (χ3v) is 4.29. The van der Waals surface area contributed by atoms with Gasteiger partial charge in [0.2, 0.25) is 0 Å². The Kier molecular flexibility index (Phi) is 6.91. The molecule has 0 radical (unpaired) electrons. The van der Waals surface area contributed by atoms with Gasteiger partial charge in [0.15, 0.2) is 6.61 Å². The number of non-ortho nitro benzene ring substituents is 1. The zero-order chi connectivity index (χ0) is 18.4. The van der Waals surface area contributed by atoms with E-state index in [1.165, 1.54) is 24.4 Å². The molecule has 2 aromatic carbocycles. The summed E-state index contributed by atoms with van der Waals surface area (Å²) >= 11 is 12.6. The van der Waals surface area contributed by atoms with Gasteiger partial charge in [0.1, 0.15) is 5.75 Å². The summed E-state index contributed by atoms with van der Waals surface area (Å²) < 4.78 is 6.93. The van der Waals surface area contributed by atoms with E-state index in [0.29, 0.717) is 15.8 Å². The third kappa shape index (κ3) is 5.80. The SMILES string of the molecule is O=C(COc1ccc(Br)cc1Br)NN=Cc1cc([N+](=O)[O-])ccc1Cl. The fourth-order valence-corrected chi connectivity index (χ4v) is 3.01. The molecular weight excluding hydrogens is 481 g/mol. The number of hydrogen-bond donors (Lipinski definition) is 1. The maximum Gasteiger partial charge on any atom is 0.277 e. The lowest BCUT2D eigenvalue weighted by Gasteiger charge is -2.07. The molecule has 0 unspecified atom stereocenters. The highest BCUT2D eigenvalue weighted by Gasteiger charge is 2.09. The quantitative estimate of drug-likeness (QED) is 0.370. The van der Waals surface area contributed by atoms with Gasteiger partial charge in [-0.2, -0.15) is 5.10 Å². The molecule has 0 aliphatic carbocycles. The normalized spacial score (nSPS) is 10.7. The number of hydrazone groups is 1. The first-order valence-electron chi connectivity index (χ1n) is 6.70. The summed E-state index contributed by atoms with van der Waals surface area (Å²) in [7, 11) is 0. The molecular formula is C15H10Br2ClN3O4. The molecule has 0 fully saturated rings. The fraction of sp³-hybridized carbons (Fsp3) is 0.0667. The predicted octanol–water partition coefficient (Wildman–Crippen LogP) is 4.30. The standard InChI is InChI=1S/C15H10Br2ClN3O4/c16-10-1-4-14(12(17)6-10)25-8-15(22)20-19-7-9-5-11(21(23)24)2-3-13(9)18/h1-7H,8H2,(H,20,22). The molecule has 2 rings (SSSR count). The Labute approximate surface area is 164 Å².